The van der Waals surface area contributed by atoms with Crippen molar-refractivity contribution >= 4 is 27.5 Å². The summed E-state index contributed by atoms with van der Waals surface area (Å²) in [5.74, 6) is 0. The Balaban J connectivity index is 2.28. The Hall–Kier alpha value is -0.0500. The van der Waals surface area contributed by atoms with Gasteiger partial charge in [0.2, 0.25) is 0 Å². The minimum absolute atomic E-state index is 0.273. The van der Waals surface area contributed by atoms with Crippen LogP contribution in [-0.4, -0.2) is 11.2 Å². The molecule has 102 valence electrons. The third kappa shape index (κ3) is 6.21. The van der Waals surface area contributed by atoms with Gasteiger partial charge in [-0.15, -0.1) is 0 Å². The summed E-state index contributed by atoms with van der Waals surface area (Å²) in [6, 6.07) is 5.83. The van der Waals surface area contributed by atoms with Crippen molar-refractivity contribution in [2.45, 2.75) is 58.0 Å². The number of hydrogen-bond donors (Lipinski definition) is 1. The molecular formula is C15H22BrClO. The van der Waals surface area contributed by atoms with Gasteiger partial charge in [0.1, 0.15) is 0 Å². The maximum atomic E-state index is 9.98. The molecular weight excluding hydrogens is 312 g/mol. The zero-order valence-electron chi connectivity index (χ0n) is 11.0. The van der Waals surface area contributed by atoms with E-state index in [1.807, 2.05) is 18.2 Å². The lowest BCUT2D eigenvalue weighted by molar-refractivity contribution is 0.161. The van der Waals surface area contributed by atoms with Gasteiger partial charge in [0.05, 0.1) is 6.10 Å². The van der Waals surface area contributed by atoms with Crippen molar-refractivity contribution in [3.63, 3.8) is 0 Å². The van der Waals surface area contributed by atoms with Gasteiger partial charge in [0.15, 0.2) is 0 Å². The van der Waals surface area contributed by atoms with Crippen molar-refractivity contribution in [3.05, 3.63) is 33.3 Å². The molecule has 18 heavy (non-hydrogen) atoms. The van der Waals surface area contributed by atoms with Gasteiger partial charge >= 0.3 is 0 Å². The first kappa shape index (κ1) is 16.0. The Morgan fingerprint density at radius 1 is 1.22 bits per heavy atom. The van der Waals surface area contributed by atoms with Crippen LogP contribution in [0.5, 0.6) is 0 Å². The van der Waals surface area contributed by atoms with E-state index >= 15 is 0 Å². The summed E-state index contributed by atoms with van der Waals surface area (Å²) in [5, 5.41) is 10.7. The molecule has 0 amide bonds. The van der Waals surface area contributed by atoms with E-state index in [0.717, 1.165) is 27.9 Å². The SMILES string of the molecule is CCCCCCCC(O)Cc1ccc(Br)cc1Cl. The highest BCUT2D eigenvalue weighted by Gasteiger charge is 2.08. The van der Waals surface area contributed by atoms with Crippen LogP contribution in [-0.2, 0) is 6.42 Å². The first-order valence-corrected chi connectivity index (χ1v) is 7.92. The van der Waals surface area contributed by atoms with Crippen molar-refractivity contribution < 1.29 is 5.11 Å². The van der Waals surface area contributed by atoms with E-state index in [1.165, 1.54) is 25.7 Å². The van der Waals surface area contributed by atoms with Gasteiger partial charge in [-0.1, -0.05) is 72.6 Å². The highest BCUT2D eigenvalue weighted by Crippen LogP contribution is 2.23. The summed E-state index contributed by atoms with van der Waals surface area (Å²) in [5.41, 5.74) is 1.03. The topological polar surface area (TPSA) is 20.2 Å². The molecule has 0 aliphatic carbocycles. The Morgan fingerprint density at radius 3 is 2.61 bits per heavy atom. The van der Waals surface area contributed by atoms with E-state index in [4.69, 9.17) is 11.6 Å². The van der Waals surface area contributed by atoms with Crippen LogP contribution in [0.4, 0.5) is 0 Å². The Morgan fingerprint density at radius 2 is 1.94 bits per heavy atom. The molecule has 1 unspecified atom stereocenters. The summed E-state index contributed by atoms with van der Waals surface area (Å²) in [7, 11) is 0. The molecule has 0 saturated heterocycles. The number of aliphatic hydroxyl groups excluding tert-OH is 1. The lowest BCUT2D eigenvalue weighted by Gasteiger charge is -2.12. The zero-order valence-corrected chi connectivity index (χ0v) is 13.3. The van der Waals surface area contributed by atoms with Gasteiger partial charge in [-0.3, -0.25) is 0 Å². The Labute approximate surface area is 124 Å². The molecule has 3 heteroatoms. The molecule has 0 bridgehead atoms. The smallest absolute Gasteiger partial charge is 0.0581 e. The number of halogens is 2. The highest BCUT2D eigenvalue weighted by molar-refractivity contribution is 9.10. The summed E-state index contributed by atoms with van der Waals surface area (Å²) in [6.07, 6.45) is 7.42. The fourth-order valence-electron chi connectivity index (χ4n) is 2.03. The van der Waals surface area contributed by atoms with E-state index in [-0.39, 0.29) is 6.10 Å². The summed E-state index contributed by atoms with van der Waals surface area (Å²) in [4.78, 5) is 0. The quantitative estimate of drug-likeness (QED) is 0.634. The lowest BCUT2D eigenvalue weighted by Crippen LogP contribution is -2.10. The Kier molecular flexibility index (Phi) is 7.96. The van der Waals surface area contributed by atoms with Crippen molar-refractivity contribution in [1.29, 1.82) is 0 Å². The minimum Gasteiger partial charge on any atom is -0.393 e. The van der Waals surface area contributed by atoms with Crippen LogP contribution in [0, 0.1) is 0 Å². The molecule has 0 heterocycles. The molecule has 0 aromatic heterocycles. The third-order valence-corrected chi connectivity index (χ3v) is 3.96. The number of rotatable bonds is 8. The molecule has 0 aliphatic heterocycles. The fraction of sp³-hybridized carbons (Fsp3) is 0.600. The van der Waals surface area contributed by atoms with Crippen LogP contribution >= 0.6 is 27.5 Å². The molecule has 1 rings (SSSR count). The number of unbranched alkanes of at least 4 members (excludes halogenated alkanes) is 4. The molecule has 1 atom stereocenters. The minimum atomic E-state index is -0.273. The first-order chi connectivity index (χ1) is 8.63. The average Bonchev–Trinajstić information content (AvgIpc) is 2.32. The predicted octanol–water partition coefficient (Wildman–Crippen LogP) is 5.37. The molecule has 0 radical (unpaired) electrons. The molecule has 0 fully saturated rings. The van der Waals surface area contributed by atoms with E-state index in [1.54, 1.807) is 0 Å². The largest absolute Gasteiger partial charge is 0.393 e. The molecule has 0 aliphatic rings. The van der Waals surface area contributed by atoms with Gasteiger partial charge in [-0.25, -0.2) is 0 Å². The molecule has 1 aromatic rings. The van der Waals surface area contributed by atoms with E-state index in [2.05, 4.69) is 22.9 Å². The van der Waals surface area contributed by atoms with Crippen LogP contribution in [0.2, 0.25) is 5.02 Å². The second-order valence-electron chi connectivity index (χ2n) is 4.80. The van der Waals surface area contributed by atoms with E-state index in [9.17, 15) is 5.11 Å². The second kappa shape index (κ2) is 8.95. The van der Waals surface area contributed by atoms with E-state index in [0.29, 0.717) is 6.42 Å². The number of aliphatic hydroxyl groups is 1. The van der Waals surface area contributed by atoms with Crippen molar-refractivity contribution in [1.82, 2.24) is 0 Å². The molecule has 1 aromatic carbocycles. The van der Waals surface area contributed by atoms with Crippen LogP contribution < -0.4 is 0 Å². The average molecular weight is 334 g/mol. The highest BCUT2D eigenvalue weighted by atomic mass is 79.9. The van der Waals surface area contributed by atoms with Gasteiger partial charge < -0.3 is 5.11 Å². The van der Waals surface area contributed by atoms with Crippen molar-refractivity contribution in [2.24, 2.45) is 0 Å². The van der Waals surface area contributed by atoms with Crippen LogP contribution in [0.1, 0.15) is 51.0 Å². The number of hydrogen-bond acceptors (Lipinski definition) is 1. The standard InChI is InChI=1S/C15H22BrClO/c1-2-3-4-5-6-7-14(18)10-12-8-9-13(16)11-15(12)17/h8-9,11,14,18H,2-7,10H2,1H3. The maximum Gasteiger partial charge on any atom is 0.0581 e. The van der Waals surface area contributed by atoms with Gasteiger partial charge in [-0.05, 0) is 30.5 Å². The third-order valence-electron chi connectivity index (χ3n) is 3.11. The molecule has 1 nitrogen and oxygen atoms in total. The van der Waals surface area contributed by atoms with Crippen LogP contribution in [0.15, 0.2) is 22.7 Å². The van der Waals surface area contributed by atoms with E-state index < -0.39 is 0 Å². The van der Waals surface area contributed by atoms with Gasteiger partial charge in [0, 0.05) is 9.50 Å². The van der Waals surface area contributed by atoms with Gasteiger partial charge in [0.25, 0.3) is 0 Å². The van der Waals surface area contributed by atoms with Gasteiger partial charge in [-0.2, -0.15) is 0 Å². The molecule has 1 N–H and O–H groups in total. The molecule has 0 spiro atoms. The summed E-state index contributed by atoms with van der Waals surface area (Å²) >= 11 is 9.52. The van der Waals surface area contributed by atoms with Crippen LogP contribution in [0.3, 0.4) is 0 Å². The fourth-order valence-corrected chi connectivity index (χ4v) is 2.78. The molecule has 0 saturated carbocycles. The first-order valence-electron chi connectivity index (χ1n) is 6.75. The second-order valence-corrected chi connectivity index (χ2v) is 6.12. The van der Waals surface area contributed by atoms with Crippen molar-refractivity contribution in [2.75, 3.05) is 0 Å². The zero-order chi connectivity index (χ0) is 13.4. The monoisotopic (exact) mass is 332 g/mol. The summed E-state index contributed by atoms with van der Waals surface area (Å²) < 4.78 is 0.977. The summed E-state index contributed by atoms with van der Waals surface area (Å²) in [6.45, 7) is 2.21. The van der Waals surface area contributed by atoms with Crippen LogP contribution in [0.25, 0.3) is 0 Å². The normalized spacial score (nSPS) is 12.7. The van der Waals surface area contributed by atoms with Crippen molar-refractivity contribution in [3.8, 4) is 0 Å². The lowest BCUT2D eigenvalue weighted by atomic mass is 10.0. The maximum absolute atomic E-state index is 9.98. The number of benzene rings is 1. The Bertz CT molecular complexity index is 354. The predicted molar refractivity (Wildman–Crippen MR) is 82.2 cm³/mol.